The fourth-order valence-corrected chi connectivity index (χ4v) is 2.93. The Hall–Kier alpha value is -0.0800. The van der Waals surface area contributed by atoms with E-state index in [-0.39, 0.29) is 0 Å². The first-order valence-corrected chi connectivity index (χ1v) is 4.49. The summed E-state index contributed by atoms with van der Waals surface area (Å²) in [7, 11) is 0. The Balaban J connectivity index is 2.21. The fourth-order valence-electron chi connectivity index (χ4n) is 2.93. The molecule has 6 atom stereocenters. The van der Waals surface area contributed by atoms with Gasteiger partial charge in [-0.3, -0.25) is 0 Å². The third kappa shape index (κ3) is 0.798. The first-order valence-electron chi connectivity index (χ1n) is 4.49. The van der Waals surface area contributed by atoms with Gasteiger partial charge >= 0.3 is 0 Å². The van der Waals surface area contributed by atoms with Crippen molar-refractivity contribution in [3.05, 3.63) is 0 Å². The van der Waals surface area contributed by atoms with Crippen LogP contribution in [0.15, 0.2) is 0 Å². The highest BCUT2D eigenvalue weighted by Crippen LogP contribution is 2.51. The molecule has 0 amide bonds. The first-order chi connectivity index (χ1) is 5.13. The lowest BCUT2D eigenvalue weighted by atomic mass is 9.79. The summed E-state index contributed by atoms with van der Waals surface area (Å²) in [5.74, 6) is 1.92. The Labute approximate surface area is 67.2 Å². The van der Waals surface area contributed by atoms with Crippen LogP contribution in [0.5, 0.6) is 0 Å². The SMILES string of the molecule is C[C@@H]1[C@H](C)[C@@H]2C[C@H]1[C@H](O)[C@@H]2O. The minimum Gasteiger partial charge on any atom is -0.390 e. The maximum Gasteiger partial charge on any atom is 0.0832 e. The molecular weight excluding hydrogens is 140 g/mol. The molecule has 11 heavy (non-hydrogen) atoms. The lowest BCUT2D eigenvalue weighted by Crippen LogP contribution is -2.39. The summed E-state index contributed by atoms with van der Waals surface area (Å²) >= 11 is 0. The van der Waals surface area contributed by atoms with Gasteiger partial charge in [0.2, 0.25) is 0 Å². The molecule has 2 aliphatic carbocycles. The Morgan fingerprint density at radius 3 is 1.55 bits per heavy atom. The van der Waals surface area contributed by atoms with Gasteiger partial charge in [-0.2, -0.15) is 0 Å². The van der Waals surface area contributed by atoms with E-state index in [9.17, 15) is 10.2 Å². The third-order valence-electron chi connectivity index (χ3n) is 3.95. The van der Waals surface area contributed by atoms with Crippen LogP contribution in [-0.4, -0.2) is 22.4 Å². The molecule has 0 aromatic heterocycles. The Morgan fingerprint density at radius 2 is 1.27 bits per heavy atom. The molecule has 0 radical (unpaired) electrons. The van der Waals surface area contributed by atoms with Crippen LogP contribution in [0.25, 0.3) is 0 Å². The van der Waals surface area contributed by atoms with Crippen molar-refractivity contribution < 1.29 is 10.2 Å². The number of hydrogen-bond donors (Lipinski definition) is 2. The lowest BCUT2D eigenvalue weighted by Gasteiger charge is -2.32. The van der Waals surface area contributed by atoms with E-state index < -0.39 is 12.2 Å². The van der Waals surface area contributed by atoms with Gasteiger partial charge in [0.05, 0.1) is 12.2 Å². The predicted octanol–water partition coefficient (Wildman–Crippen LogP) is 0.630. The molecule has 64 valence electrons. The molecule has 2 aliphatic rings. The molecular formula is C9H16O2. The van der Waals surface area contributed by atoms with Gasteiger partial charge in [-0.1, -0.05) is 13.8 Å². The molecule has 2 saturated carbocycles. The van der Waals surface area contributed by atoms with E-state index in [1.165, 1.54) is 0 Å². The maximum absolute atomic E-state index is 9.53. The van der Waals surface area contributed by atoms with Gasteiger partial charge in [0, 0.05) is 0 Å². The van der Waals surface area contributed by atoms with Crippen molar-refractivity contribution in [1.29, 1.82) is 0 Å². The molecule has 2 rings (SSSR count). The fraction of sp³-hybridized carbons (Fsp3) is 1.00. The number of aliphatic hydroxyl groups excluding tert-OH is 2. The summed E-state index contributed by atoms with van der Waals surface area (Å²) in [5.41, 5.74) is 0. The standard InChI is InChI=1S/C9H16O2/c1-4-5(2)7-3-6(4)8(10)9(7)11/h4-11H,3H2,1-2H3/t4-,5+,6-,7+,8+,9-. The zero-order valence-electron chi connectivity index (χ0n) is 7.07. The lowest BCUT2D eigenvalue weighted by molar-refractivity contribution is -0.0497. The summed E-state index contributed by atoms with van der Waals surface area (Å²) in [4.78, 5) is 0. The first kappa shape index (κ1) is 7.56. The highest BCUT2D eigenvalue weighted by molar-refractivity contribution is 5.03. The highest BCUT2D eigenvalue weighted by Gasteiger charge is 2.53. The summed E-state index contributed by atoms with van der Waals surface area (Å²) < 4.78 is 0. The molecule has 0 spiro atoms. The van der Waals surface area contributed by atoms with E-state index in [0.29, 0.717) is 23.7 Å². The largest absolute Gasteiger partial charge is 0.390 e. The van der Waals surface area contributed by atoms with E-state index in [0.717, 1.165) is 6.42 Å². The van der Waals surface area contributed by atoms with Crippen LogP contribution in [0, 0.1) is 23.7 Å². The Morgan fingerprint density at radius 1 is 0.909 bits per heavy atom. The van der Waals surface area contributed by atoms with E-state index in [4.69, 9.17) is 0 Å². The molecule has 2 nitrogen and oxygen atoms in total. The molecule has 2 bridgehead atoms. The van der Waals surface area contributed by atoms with E-state index in [1.54, 1.807) is 0 Å². The Bertz CT molecular complexity index is 135. The minimum absolute atomic E-state index is 0.366. The second kappa shape index (κ2) is 2.20. The van der Waals surface area contributed by atoms with Gasteiger partial charge < -0.3 is 10.2 Å². The van der Waals surface area contributed by atoms with Crippen LogP contribution in [0.4, 0.5) is 0 Å². The van der Waals surface area contributed by atoms with E-state index >= 15 is 0 Å². The molecule has 2 fully saturated rings. The summed E-state index contributed by atoms with van der Waals surface area (Å²) in [5, 5.41) is 19.1. The second-order valence-corrected chi connectivity index (χ2v) is 4.26. The second-order valence-electron chi connectivity index (χ2n) is 4.26. The summed E-state index contributed by atoms with van der Waals surface area (Å²) in [6.07, 6.45) is 0.155. The summed E-state index contributed by atoms with van der Waals surface area (Å²) in [6.45, 7) is 4.37. The highest BCUT2D eigenvalue weighted by atomic mass is 16.3. The van der Waals surface area contributed by atoms with Crippen molar-refractivity contribution in [1.82, 2.24) is 0 Å². The number of aliphatic hydroxyl groups is 2. The number of hydrogen-bond acceptors (Lipinski definition) is 2. The molecule has 0 aromatic carbocycles. The van der Waals surface area contributed by atoms with Gasteiger partial charge in [-0.15, -0.1) is 0 Å². The monoisotopic (exact) mass is 156 g/mol. The number of fused-ring (bicyclic) bond motifs is 2. The molecule has 0 aliphatic heterocycles. The van der Waals surface area contributed by atoms with Crippen molar-refractivity contribution in [3.63, 3.8) is 0 Å². The van der Waals surface area contributed by atoms with Gasteiger partial charge in [0.1, 0.15) is 0 Å². The van der Waals surface area contributed by atoms with Crippen molar-refractivity contribution in [3.8, 4) is 0 Å². The molecule has 0 aromatic rings. The zero-order valence-corrected chi connectivity index (χ0v) is 7.07. The average molecular weight is 156 g/mol. The van der Waals surface area contributed by atoms with E-state index in [2.05, 4.69) is 13.8 Å². The molecule has 2 N–H and O–H groups in total. The van der Waals surface area contributed by atoms with Crippen molar-refractivity contribution >= 4 is 0 Å². The molecule has 0 saturated heterocycles. The van der Waals surface area contributed by atoms with Crippen LogP contribution in [0.3, 0.4) is 0 Å². The molecule has 0 unspecified atom stereocenters. The maximum atomic E-state index is 9.53. The van der Waals surface area contributed by atoms with Gasteiger partial charge in [0.15, 0.2) is 0 Å². The zero-order chi connectivity index (χ0) is 8.17. The number of rotatable bonds is 0. The topological polar surface area (TPSA) is 40.5 Å². The van der Waals surface area contributed by atoms with Crippen molar-refractivity contribution in [2.75, 3.05) is 0 Å². The minimum atomic E-state index is -0.439. The van der Waals surface area contributed by atoms with Crippen LogP contribution >= 0.6 is 0 Å². The van der Waals surface area contributed by atoms with Crippen LogP contribution < -0.4 is 0 Å². The normalized spacial score (nSPS) is 62.2. The van der Waals surface area contributed by atoms with Crippen molar-refractivity contribution in [2.24, 2.45) is 23.7 Å². The van der Waals surface area contributed by atoms with Crippen LogP contribution in [-0.2, 0) is 0 Å². The predicted molar refractivity (Wildman–Crippen MR) is 41.9 cm³/mol. The smallest absolute Gasteiger partial charge is 0.0832 e. The quantitative estimate of drug-likeness (QED) is 0.540. The molecule has 0 heterocycles. The average Bonchev–Trinajstić information content (AvgIpc) is 2.40. The van der Waals surface area contributed by atoms with Crippen LogP contribution in [0.1, 0.15) is 20.3 Å². The summed E-state index contributed by atoms with van der Waals surface area (Å²) in [6, 6.07) is 0. The van der Waals surface area contributed by atoms with Gasteiger partial charge in [0.25, 0.3) is 0 Å². The van der Waals surface area contributed by atoms with Gasteiger partial charge in [-0.25, -0.2) is 0 Å². The van der Waals surface area contributed by atoms with Crippen molar-refractivity contribution in [2.45, 2.75) is 32.5 Å². The third-order valence-corrected chi connectivity index (χ3v) is 3.95. The van der Waals surface area contributed by atoms with Gasteiger partial charge in [-0.05, 0) is 30.1 Å². The Kier molecular flexibility index (Phi) is 1.52. The molecule has 2 heteroatoms. The van der Waals surface area contributed by atoms with E-state index in [1.807, 2.05) is 0 Å². The van der Waals surface area contributed by atoms with Crippen LogP contribution in [0.2, 0.25) is 0 Å².